The maximum absolute atomic E-state index is 3.71. The highest BCUT2D eigenvalue weighted by Crippen LogP contribution is 1.94. The third-order valence-electron chi connectivity index (χ3n) is 1.10. The number of rotatable bonds is 2. The van der Waals surface area contributed by atoms with Crippen molar-refractivity contribution >= 4 is 0 Å². The van der Waals surface area contributed by atoms with Gasteiger partial charge in [-0.25, -0.2) is 0 Å². The van der Waals surface area contributed by atoms with Crippen LogP contribution in [0.1, 0.15) is 27.7 Å². The van der Waals surface area contributed by atoms with Gasteiger partial charge in [0.2, 0.25) is 0 Å². The standard InChI is InChI=1S/C10H12.C4H6/c1-5-6-10(4)8-7-9(2)3;1-3-4-2/h7-8H,2,4H2,1,3H3;1-2H3/b8-7-;. The zero-order chi connectivity index (χ0) is 11.4. The van der Waals surface area contributed by atoms with Crippen LogP contribution in [0.25, 0.3) is 0 Å². The minimum atomic E-state index is 0.825. The summed E-state index contributed by atoms with van der Waals surface area (Å²) in [6.07, 6.45) is 3.76. The van der Waals surface area contributed by atoms with Crippen molar-refractivity contribution in [3.8, 4) is 23.7 Å². The molecule has 0 bridgehead atoms. The molecule has 0 nitrogen and oxygen atoms in total. The van der Waals surface area contributed by atoms with Gasteiger partial charge in [0, 0.05) is 5.57 Å². The van der Waals surface area contributed by atoms with Gasteiger partial charge in [-0.2, -0.15) is 0 Å². The van der Waals surface area contributed by atoms with Gasteiger partial charge in [-0.05, 0) is 33.8 Å². The van der Waals surface area contributed by atoms with Crippen LogP contribution in [-0.2, 0) is 0 Å². The molecule has 0 radical (unpaired) electrons. The van der Waals surface area contributed by atoms with Crippen LogP contribution in [0.4, 0.5) is 0 Å². The summed E-state index contributed by atoms with van der Waals surface area (Å²) in [5, 5.41) is 0. The maximum Gasteiger partial charge on any atom is 0.0173 e. The summed E-state index contributed by atoms with van der Waals surface area (Å²) >= 11 is 0. The van der Waals surface area contributed by atoms with E-state index in [1.165, 1.54) is 0 Å². The Morgan fingerprint density at radius 2 is 1.43 bits per heavy atom. The molecule has 14 heavy (non-hydrogen) atoms. The molecule has 0 heteroatoms. The van der Waals surface area contributed by atoms with Crippen molar-refractivity contribution in [2.24, 2.45) is 0 Å². The Labute approximate surface area is 88.4 Å². The van der Waals surface area contributed by atoms with Crippen molar-refractivity contribution in [2.75, 3.05) is 0 Å². The molecule has 0 aromatic carbocycles. The monoisotopic (exact) mass is 186 g/mol. The summed E-state index contributed by atoms with van der Waals surface area (Å²) in [5.74, 6) is 11.0. The molecule has 0 aromatic heterocycles. The Morgan fingerprint density at radius 1 is 0.929 bits per heavy atom. The average molecular weight is 186 g/mol. The van der Waals surface area contributed by atoms with E-state index in [1.807, 2.05) is 32.9 Å². The minimum absolute atomic E-state index is 0.825. The lowest BCUT2D eigenvalue weighted by atomic mass is 10.2. The van der Waals surface area contributed by atoms with E-state index < -0.39 is 0 Å². The van der Waals surface area contributed by atoms with Gasteiger partial charge in [0.05, 0.1) is 0 Å². The molecule has 0 unspecified atom stereocenters. The molecule has 0 heterocycles. The highest BCUT2D eigenvalue weighted by Gasteiger charge is 1.77. The molecule has 0 atom stereocenters. The van der Waals surface area contributed by atoms with Gasteiger partial charge >= 0.3 is 0 Å². The first kappa shape index (κ1) is 14.8. The predicted molar refractivity (Wildman–Crippen MR) is 65.7 cm³/mol. The third-order valence-corrected chi connectivity index (χ3v) is 1.10. The molecule has 0 amide bonds. The van der Waals surface area contributed by atoms with E-state index >= 15 is 0 Å². The van der Waals surface area contributed by atoms with Crippen molar-refractivity contribution in [1.82, 2.24) is 0 Å². The predicted octanol–water partition coefficient (Wildman–Crippen LogP) is 3.73. The van der Waals surface area contributed by atoms with Crippen LogP contribution >= 0.6 is 0 Å². The van der Waals surface area contributed by atoms with Crippen molar-refractivity contribution in [2.45, 2.75) is 27.7 Å². The van der Waals surface area contributed by atoms with Gasteiger partial charge < -0.3 is 0 Å². The zero-order valence-corrected chi connectivity index (χ0v) is 9.57. The van der Waals surface area contributed by atoms with E-state index in [9.17, 15) is 0 Å². The summed E-state index contributed by atoms with van der Waals surface area (Å²) in [6.45, 7) is 14.8. The van der Waals surface area contributed by atoms with E-state index in [0.29, 0.717) is 0 Å². The Kier molecular flexibility index (Phi) is 12.0. The molecule has 0 saturated carbocycles. The molecular formula is C14H18. The van der Waals surface area contributed by atoms with Gasteiger partial charge in [0.1, 0.15) is 0 Å². The maximum atomic E-state index is 3.71. The molecule has 0 saturated heterocycles. The molecular weight excluding hydrogens is 168 g/mol. The first-order chi connectivity index (χ1) is 6.58. The lowest BCUT2D eigenvalue weighted by Crippen LogP contribution is -1.67. The molecule has 0 fully saturated rings. The lowest BCUT2D eigenvalue weighted by Gasteiger charge is -1.84. The lowest BCUT2D eigenvalue weighted by molar-refractivity contribution is 1.55. The molecule has 74 valence electrons. The highest BCUT2D eigenvalue weighted by molar-refractivity contribution is 5.37. The molecule has 0 rings (SSSR count). The smallest absolute Gasteiger partial charge is 0.0173 e. The second-order valence-electron chi connectivity index (χ2n) is 2.58. The van der Waals surface area contributed by atoms with Crippen LogP contribution in [-0.4, -0.2) is 0 Å². The third kappa shape index (κ3) is 16.7. The van der Waals surface area contributed by atoms with Gasteiger partial charge in [-0.1, -0.05) is 30.7 Å². The van der Waals surface area contributed by atoms with Crippen LogP contribution in [0, 0.1) is 23.7 Å². The van der Waals surface area contributed by atoms with E-state index in [0.717, 1.165) is 11.1 Å². The summed E-state index contributed by atoms with van der Waals surface area (Å²) in [4.78, 5) is 0. The van der Waals surface area contributed by atoms with Crippen molar-refractivity contribution < 1.29 is 0 Å². The summed E-state index contributed by atoms with van der Waals surface area (Å²) in [7, 11) is 0. The summed E-state index contributed by atoms with van der Waals surface area (Å²) in [5.41, 5.74) is 1.84. The molecule has 0 N–H and O–H groups in total. The second kappa shape index (κ2) is 11.3. The molecule has 0 aliphatic carbocycles. The highest BCUT2D eigenvalue weighted by atomic mass is 13.8. The fraction of sp³-hybridized carbons (Fsp3) is 0.286. The van der Waals surface area contributed by atoms with Crippen LogP contribution in [0.15, 0.2) is 36.5 Å². The first-order valence-corrected chi connectivity index (χ1v) is 4.37. The van der Waals surface area contributed by atoms with E-state index in [1.54, 1.807) is 6.92 Å². The SMILES string of the molecule is C=C(C)/C=C\C(=C)C#CC.CC#CC. The summed E-state index contributed by atoms with van der Waals surface area (Å²) < 4.78 is 0. The van der Waals surface area contributed by atoms with Crippen LogP contribution < -0.4 is 0 Å². The summed E-state index contributed by atoms with van der Waals surface area (Å²) in [6, 6.07) is 0. The molecule has 0 aromatic rings. The second-order valence-corrected chi connectivity index (χ2v) is 2.58. The van der Waals surface area contributed by atoms with Gasteiger partial charge in [0.15, 0.2) is 0 Å². The van der Waals surface area contributed by atoms with Gasteiger partial charge in [-0.3, -0.25) is 0 Å². The molecule has 0 aliphatic rings. The molecule has 0 spiro atoms. The number of allylic oxidation sites excluding steroid dienone is 4. The average Bonchev–Trinajstić information content (AvgIpc) is 2.16. The van der Waals surface area contributed by atoms with E-state index in [-0.39, 0.29) is 0 Å². The largest absolute Gasteiger partial charge is 0.107 e. The van der Waals surface area contributed by atoms with Crippen molar-refractivity contribution in [1.29, 1.82) is 0 Å². The molecule has 0 aliphatic heterocycles. The van der Waals surface area contributed by atoms with Gasteiger partial charge in [-0.15, -0.1) is 17.8 Å². The quantitative estimate of drug-likeness (QED) is 0.455. The number of hydrogen-bond donors (Lipinski definition) is 0. The normalized spacial score (nSPS) is 7.14. The Bertz CT molecular complexity index is 313. The van der Waals surface area contributed by atoms with Crippen LogP contribution in [0.2, 0.25) is 0 Å². The fourth-order valence-corrected chi connectivity index (χ4v) is 0.445. The van der Waals surface area contributed by atoms with Gasteiger partial charge in [0.25, 0.3) is 0 Å². The van der Waals surface area contributed by atoms with E-state index in [4.69, 9.17) is 0 Å². The Hall–Kier alpha value is -1.66. The zero-order valence-electron chi connectivity index (χ0n) is 9.57. The van der Waals surface area contributed by atoms with Crippen LogP contribution in [0.3, 0.4) is 0 Å². The van der Waals surface area contributed by atoms with Crippen molar-refractivity contribution in [3.63, 3.8) is 0 Å². The van der Waals surface area contributed by atoms with Crippen molar-refractivity contribution in [3.05, 3.63) is 36.5 Å². The van der Waals surface area contributed by atoms with Crippen LogP contribution in [0.5, 0.6) is 0 Å². The first-order valence-electron chi connectivity index (χ1n) is 4.37. The minimum Gasteiger partial charge on any atom is -0.107 e. The Balaban J connectivity index is 0. The number of hydrogen-bond acceptors (Lipinski definition) is 0. The van der Waals surface area contributed by atoms with E-state index in [2.05, 4.69) is 36.8 Å². The Morgan fingerprint density at radius 3 is 1.71 bits per heavy atom. The topological polar surface area (TPSA) is 0 Å². The fourth-order valence-electron chi connectivity index (χ4n) is 0.445.